The largest absolute Gasteiger partial charge is 0.358 e. The molecule has 1 aliphatic rings. The summed E-state index contributed by atoms with van der Waals surface area (Å²) in [5.41, 5.74) is 0. The molecule has 0 atom stereocenters. The van der Waals surface area contributed by atoms with Crippen molar-refractivity contribution >= 4 is 40.0 Å². The van der Waals surface area contributed by atoms with Crippen LogP contribution < -0.4 is 10.2 Å². The maximum Gasteiger partial charge on any atom is 0.230 e. The smallest absolute Gasteiger partial charge is 0.230 e. The Morgan fingerprint density at radius 2 is 1.96 bits per heavy atom. The van der Waals surface area contributed by atoms with Crippen LogP contribution >= 0.6 is 23.1 Å². The number of hydrogen-bond donors (Lipinski definition) is 1. The maximum atomic E-state index is 12.1. The van der Waals surface area contributed by atoms with Gasteiger partial charge in [-0.3, -0.25) is 9.59 Å². The van der Waals surface area contributed by atoms with Gasteiger partial charge in [0.15, 0.2) is 4.34 Å². The van der Waals surface area contributed by atoms with E-state index >= 15 is 0 Å². The zero-order valence-electron chi connectivity index (χ0n) is 13.7. The summed E-state index contributed by atoms with van der Waals surface area (Å²) >= 11 is 2.89. The number of amides is 2. The van der Waals surface area contributed by atoms with Crippen molar-refractivity contribution in [2.45, 2.75) is 24.6 Å². The molecule has 23 heavy (non-hydrogen) atoms. The number of carbonyl (C=O) groups excluding carboxylic acids is 2. The molecule has 2 amide bonds. The Balaban J connectivity index is 1.82. The van der Waals surface area contributed by atoms with E-state index in [0.717, 1.165) is 35.7 Å². The molecule has 1 aliphatic heterocycles. The Hall–Kier alpha value is -1.35. The molecule has 0 radical (unpaired) electrons. The Kier molecular flexibility index (Phi) is 6.64. The van der Waals surface area contributed by atoms with Gasteiger partial charge in [0.1, 0.15) is 0 Å². The zero-order valence-corrected chi connectivity index (χ0v) is 15.4. The second-order valence-electron chi connectivity index (χ2n) is 5.78. The molecular weight excluding hydrogens is 334 g/mol. The van der Waals surface area contributed by atoms with Crippen LogP contribution in [0.3, 0.4) is 0 Å². The Morgan fingerprint density at radius 3 is 2.57 bits per heavy atom. The van der Waals surface area contributed by atoms with Crippen LogP contribution in [0.5, 0.6) is 0 Å². The molecule has 0 bridgehead atoms. The fourth-order valence-electron chi connectivity index (χ4n) is 2.21. The summed E-state index contributed by atoms with van der Waals surface area (Å²) in [5, 5.41) is 11.8. The van der Waals surface area contributed by atoms with E-state index in [1.165, 1.54) is 23.1 Å². The van der Waals surface area contributed by atoms with Crippen LogP contribution in [0.2, 0.25) is 0 Å². The molecule has 0 spiro atoms. The van der Waals surface area contributed by atoms with Gasteiger partial charge >= 0.3 is 0 Å². The molecule has 0 saturated carbocycles. The Morgan fingerprint density at radius 1 is 1.26 bits per heavy atom. The van der Waals surface area contributed by atoms with Gasteiger partial charge in [-0.25, -0.2) is 0 Å². The van der Waals surface area contributed by atoms with Crippen LogP contribution in [0.15, 0.2) is 4.34 Å². The van der Waals surface area contributed by atoms with Gasteiger partial charge in [0.05, 0.1) is 5.75 Å². The highest BCUT2D eigenvalue weighted by molar-refractivity contribution is 8.01. The lowest BCUT2D eigenvalue weighted by Gasteiger charge is -2.34. The van der Waals surface area contributed by atoms with Gasteiger partial charge in [0.2, 0.25) is 16.9 Å². The summed E-state index contributed by atoms with van der Waals surface area (Å²) < 4.78 is 0.793. The van der Waals surface area contributed by atoms with Gasteiger partial charge < -0.3 is 15.1 Å². The van der Waals surface area contributed by atoms with E-state index < -0.39 is 0 Å². The first kappa shape index (κ1) is 18.0. The minimum atomic E-state index is -0.0240. The molecule has 9 heteroatoms. The topological polar surface area (TPSA) is 78.4 Å². The first-order chi connectivity index (χ1) is 11.0. The number of anilines is 1. The molecule has 1 saturated heterocycles. The van der Waals surface area contributed by atoms with Gasteiger partial charge in [-0.2, -0.15) is 0 Å². The highest BCUT2D eigenvalue weighted by Gasteiger charge is 2.23. The highest BCUT2D eigenvalue weighted by Crippen LogP contribution is 2.28. The van der Waals surface area contributed by atoms with Crippen LogP contribution in [0.25, 0.3) is 0 Å². The number of hydrogen-bond acceptors (Lipinski definition) is 7. The molecular formula is C14H23N5O2S2. The Bertz CT molecular complexity index is 541. The number of rotatable bonds is 6. The molecule has 0 aliphatic carbocycles. The van der Waals surface area contributed by atoms with E-state index in [2.05, 4.69) is 34.3 Å². The number of thioether (sulfide) groups is 1. The van der Waals surface area contributed by atoms with Crippen molar-refractivity contribution in [3.05, 3.63) is 0 Å². The monoisotopic (exact) mass is 357 g/mol. The lowest BCUT2D eigenvalue weighted by molar-refractivity contribution is -0.132. The minimum Gasteiger partial charge on any atom is -0.358 e. The lowest BCUT2D eigenvalue weighted by atomic mass is 10.1. The van der Waals surface area contributed by atoms with Crippen molar-refractivity contribution in [2.75, 3.05) is 43.9 Å². The van der Waals surface area contributed by atoms with Crippen LogP contribution in [-0.2, 0) is 9.59 Å². The number of nitrogens with one attached hydrogen (secondary N) is 1. The van der Waals surface area contributed by atoms with E-state index in [1.54, 1.807) is 7.05 Å². The van der Waals surface area contributed by atoms with E-state index in [9.17, 15) is 9.59 Å². The molecule has 2 heterocycles. The third-order valence-electron chi connectivity index (χ3n) is 3.49. The van der Waals surface area contributed by atoms with E-state index in [-0.39, 0.29) is 11.8 Å². The highest BCUT2D eigenvalue weighted by atomic mass is 32.2. The fourth-order valence-corrected chi connectivity index (χ4v) is 3.98. The summed E-state index contributed by atoms with van der Waals surface area (Å²) in [6.45, 7) is 7.13. The predicted octanol–water partition coefficient (Wildman–Crippen LogP) is 1.07. The van der Waals surface area contributed by atoms with Crippen molar-refractivity contribution in [1.29, 1.82) is 0 Å². The number of aromatic nitrogens is 2. The second kappa shape index (κ2) is 8.49. The Labute approximate surface area is 144 Å². The summed E-state index contributed by atoms with van der Waals surface area (Å²) in [5.74, 6) is 0.953. The standard InChI is InChI=1S/C14H23N5O2S2/c1-10(2)8-12(21)18-4-6-19(7-5-18)13-16-17-14(23-13)22-9-11(20)15-3/h10H,4-9H2,1-3H3,(H,15,20). The van der Waals surface area contributed by atoms with Gasteiger partial charge in [-0.15, -0.1) is 10.2 Å². The molecule has 128 valence electrons. The molecule has 1 aromatic heterocycles. The van der Waals surface area contributed by atoms with Crippen LogP contribution in [-0.4, -0.2) is 65.9 Å². The van der Waals surface area contributed by atoms with Crippen molar-refractivity contribution < 1.29 is 9.59 Å². The first-order valence-electron chi connectivity index (χ1n) is 7.69. The predicted molar refractivity (Wildman–Crippen MR) is 92.9 cm³/mol. The van der Waals surface area contributed by atoms with Gasteiger partial charge in [0.25, 0.3) is 0 Å². The van der Waals surface area contributed by atoms with Gasteiger partial charge in [0, 0.05) is 39.6 Å². The number of carbonyl (C=O) groups is 2. The average molecular weight is 358 g/mol. The van der Waals surface area contributed by atoms with Crippen molar-refractivity contribution in [2.24, 2.45) is 5.92 Å². The lowest BCUT2D eigenvalue weighted by Crippen LogP contribution is -2.49. The van der Waals surface area contributed by atoms with Gasteiger partial charge in [-0.1, -0.05) is 36.9 Å². The normalized spacial score (nSPS) is 15.1. The SMILES string of the molecule is CNC(=O)CSc1nnc(N2CCN(C(=O)CC(C)C)CC2)s1. The summed E-state index contributed by atoms with van der Waals surface area (Å²) in [6.07, 6.45) is 0.610. The molecule has 1 N–H and O–H groups in total. The number of piperazine rings is 1. The third kappa shape index (κ3) is 5.35. The quantitative estimate of drug-likeness (QED) is 0.768. The summed E-state index contributed by atoms with van der Waals surface area (Å²) in [6, 6.07) is 0. The molecule has 0 unspecified atom stereocenters. The summed E-state index contributed by atoms with van der Waals surface area (Å²) in [7, 11) is 1.62. The van der Waals surface area contributed by atoms with Crippen LogP contribution in [0, 0.1) is 5.92 Å². The van der Waals surface area contributed by atoms with Gasteiger partial charge in [-0.05, 0) is 5.92 Å². The third-order valence-corrected chi connectivity index (χ3v) is 5.60. The van der Waals surface area contributed by atoms with E-state index in [4.69, 9.17) is 0 Å². The second-order valence-corrected chi connectivity index (χ2v) is 7.96. The number of nitrogens with zero attached hydrogens (tertiary/aromatic N) is 4. The van der Waals surface area contributed by atoms with Crippen molar-refractivity contribution in [3.63, 3.8) is 0 Å². The van der Waals surface area contributed by atoms with E-state index in [1.807, 2.05) is 4.90 Å². The molecule has 1 aromatic rings. The maximum absolute atomic E-state index is 12.1. The zero-order chi connectivity index (χ0) is 16.8. The molecule has 7 nitrogen and oxygen atoms in total. The summed E-state index contributed by atoms with van der Waals surface area (Å²) in [4.78, 5) is 27.4. The first-order valence-corrected chi connectivity index (χ1v) is 9.49. The van der Waals surface area contributed by atoms with Crippen LogP contribution in [0.1, 0.15) is 20.3 Å². The average Bonchev–Trinajstić information content (AvgIpc) is 3.01. The fraction of sp³-hybridized carbons (Fsp3) is 0.714. The van der Waals surface area contributed by atoms with E-state index in [0.29, 0.717) is 18.1 Å². The van der Waals surface area contributed by atoms with Crippen molar-refractivity contribution in [3.8, 4) is 0 Å². The molecule has 0 aromatic carbocycles. The molecule has 2 rings (SSSR count). The van der Waals surface area contributed by atoms with Crippen LogP contribution in [0.4, 0.5) is 5.13 Å². The minimum absolute atomic E-state index is 0.0240. The molecule has 1 fully saturated rings. The van der Waals surface area contributed by atoms with Crippen molar-refractivity contribution in [1.82, 2.24) is 20.4 Å².